The van der Waals surface area contributed by atoms with Gasteiger partial charge in [-0.15, -0.1) is 0 Å². The fourth-order valence-electron chi connectivity index (χ4n) is 1.63. The van der Waals surface area contributed by atoms with Crippen LogP contribution in [0.4, 0.5) is 0 Å². The number of pyridine rings is 1. The Morgan fingerprint density at radius 1 is 1.62 bits per heavy atom. The van der Waals surface area contributed by atoms with Gasteiger partial charge >= 0.3 is 5.97 Å². The fraction of sp³-hybridized carbons (Fsp3) is 0.273. The number of hydrogen-bond acceptors (Lipinski definition) is 2. The zero-order valence-electron chi connectivity index (χ0n) is 8.72. The third kappa shape index (κ3) is 1.88. The molecule has 4 nitrogen and oxygen atoms in total. The molecule has 0 saturated carbocycles. The van der Waals surface area contributed by atoms with Crippen LogP contribution < -0.4 is 0 Å². The molecule has 0 aliphatic rings. The molecule has 16 heavy (non-hydrogen) atoms. The van der Waals surface area contributed by atoms with Gasteiger partial charge in [0.15, 0.2) is 0 Å². The maximum Gasteiger partial charge on any atom is 0.306 e. The van der Waals surface area contributed by atoms with Crippen LogP contribution in [0.3, 0.4) is 0 Å². The lowest BCUT2D eigenvalue weighted by Crippen LogP contribution is -2.14. The zero-order valence-corrected chi connectivity index (χ0v) is 9.48. The Morgan fingerprint density at radius 2 is 2.38 bits per heavy atom. The highest BCUT2D eigenvalue weighted by Crippen LogP contribution is 2.17. The van der Waals surface area contributed by atoms with E-state index in [0.29, 0.717) is 11.6 Å². The lowest BCUT2D eigenvalue weighted by molar-refractivity contribution is -0.141. The van der Waals surface area contributed by atoms with Crippen molar-refractivity contribution in [2.75, 3.05) is 0 Å². The lowest BCUT2D eigenvalue weighted by atomic mass is 10.1. The van der Waals surface area contributed by atoms with Crippen molar-refractivity contribution in [2.24, 2.45) is 5.92 Å². The summed E-state index contributed by atoms with van der Waals surface area (Å²) in [6.07, 6.45) is 1.99. The molecule has 0 saturated heterocycles. The number of aliphatic carboxylic acids is 1. The van der Waals surface area contributed by atoms with E-state index in [0.717, 1.165) is 11.3 Å². The van der Waals surface area contributed by atoms with Crippen LogP contribution in [-0.2, 0) is 11.2 Å². The summed E-state index contributed by atoms with van der Waals surface area (Å²) in [6, 6.07) is 5.55. The summed E-state index contributed by atoms with van der Waals surface area (Å²) < 4.78 is 1.76. The highest BCUT2D eigenvalue weighted by Gasteiger charge is 2.14. The van der Waals surface area contributed by atoms with Crippen molar-refractivity contribution in [3.05, 3.63) is 35.2 Å². The summed E-state index contributed by atoms with van der Waals surface area (Å²) in [5.74, 6) is -1.25. The number of fused-ring (bicyclic) bond motifs is 1. The molecule has 1 unspecified atom stereocenters. The summed E-state index contributed by atoms with van der Waals surface area (Å²) in [7, 11) is 0. The van der Waals surface area contributed by atoms with Gasteiger partial charge in [0.2, 0.25) is 0 Å². The molecule has 0 aliphatic carbocycles. The van der Waals surface area contributed by atoms with Crippen LogP contribution in [0.5, 0.6) is 0 Å². The number of carboxylic acid groups (broad SMARTS) is 1. The van der Waals surface area contributed by atoms with Crippen molar-refractivity contribution in [3.63, 3.8) is 0 Å². The first-order valence-corrected chi connectivity index (χ1v) is 5.31. The Labute approximate surface area is 97.5 Å². The van der Waals surface area contributed by atoms with Crippen molar-refractivity contribution in [3.8, 4) is 0 Å². The molecule has 5 heteroatoms. The van der Waals surface area contributed by atoms with Crippen LogP contribution in [0.2, 0.25) is 5.15 Å². The quantitative estimate of drug-likeness (QED) is 0.892. The Bertz CT molecular complexity index is 536. The molecule has 0 radical (unpaired) electrons. The number of halogens is 1. The molecular weight excluding hydrogens is 228 g/mol. The summed E-state index contributed by atoms with van der Waals surface area (Å²) in [6.45, 7) is 1.67. The van der Waals surface area contributed by atoms with Crippen LogP contribution in [0.25, 0.3) is 5.65 Å². The van der Waals surface area contributed by atoms with E-state index in [4.69, 9.17) is 16.7 Å². The molecule has 1 atom stereocenters. The van der Waals surface area contributed by atoms with Crippen LogP contribution in [-0.4, -0.2) is 20.5 Å². The number of carboxylic acids is 1. The van der Waals surface area contributed by atoms with E-state index in [1.165, 1.54) is 0 Å². The number of aromatic nitrogens is 2. The minimum absolute atomic E-state index is 0.433. The van der Waals surface area contributed by atoms with Crippen molar-refractivity contribution in [1.82, 2.24) is 9.38 Å². The molecule has 2 rings (SSSR count). The third-order valence-electron chi connectivity index (χ3n) is 2.50. The smallest absolute Gasteiger partial charge is 0.306 e. The second-order valence-corrected chi connectivity index (χ2v) is 4.12. The number of rotatable bonds is 3. The van der Waals surface area contributed by atoms with Gasteiger partial charge in [-0.25, -0.2) is 4.98 Å². The summed E-state index contributed by atoms with van der Waals surface area (Å²) in [5.41, 5.74) is 1.59. The van der Waals surface area contributed by atoms with E-state index >= 15 is 0 Å². The number of imidazole rings is 1. The normalized spacial score (nSPS) is 12.9. The molecule has 0 aromatic carbocycles. The summed E-state index contributed by atoms with van der Waals surface area (Å²) in [4.78, 5) is 14.9. The van der Waals surface area contributed by atoms with Crippen LogP contribution in [0.15, 0.2) is 24.4 Å². The summed E-state index contributed by atoms with van der Waals surface area (Å²) in [5, 5.41) is 9.38. The van der Waals surface area contributed by atoms with Gasteiger partial charge in [0.05, 0.1) is 12.1 Å². The molecule has 1 N–H and O–H groups in total. The standard InChI is InChI=1S/C11H11ClN2O2/c1-7(11(15)16)5-8-3-2-4-10-13-6-9(12)14(8)10/h2-4,6-7H,5H2,1H3,(H,15,16). The number of carbonyl (C=O) groups is 1. The molecule has 2 aromatic rings. The summed E-state index contributed by atoms with van der Waals surface area (Å²) >= 11 is 5.99. The average molecular weight is 239 g/mol. The Hall–Kier alpha value is -1.55. The monoisotopic (exact) mass is 238 g/mol. The topological polar surface area (TPSA) is 54.6 Å². The third-order valence-corrected chi connectivity index (χ3v) is 2.77. The molecule has 0 spiro atoms. The van der Waals surface area contributed by atoms with Crippen molar-refractivity contribution in [2.45, 2.75) is 13.3 Å². The molecule has 2 heterocycles. The van der Waals surface area contributed by atoms with Gasteiger partial charge in [0.1, 0.15) is 10.8 Å². The van der Waals surface area contributed by atoms with Gasteiger partial charge in [-0.3, -0.25) is 9.20 Å². The van der Waals surface area contributed by atoms with Crippen molar-refractivity contribution < 1.29 is 9.90 Å². The van der Waals surface area contributed by atoms with Crippen LogP contribution in [0, 0.1) is 5.92 Å². The van der Waals surface area contributed by atoms with Gasteiger partial charge in [-0.05, 0) is 12.1 Å². The van der Waals surface area contributed by atoms with Crippen LogP contribution in [0.1, 0.15) is 12.6 Å². The number of hydrogen-bond donors (Lipinski definition) is 1. The molecule has 0 bridgehead atoms. The predicted molar refractivity (Wildman–Crippen MR) is 60.7 cm³/mol. The van der Waals surface area contributed by atoms with Gasteiger partial charge in [-0.1, -0.05) is 24.6 Å². The number of nitrogens with zero attached hydrogens (tertiary/aromatic N) is 2. The lowest BCUT2D eigenvalue weighted by Gasteiger charge is -2.09. The second-order valence-electron chi connectivity index (χ2n) is 3.74. The van der Waals surface area contributed by atoms with E-state index in [-0.39, 0.29) is 0 Å². The van der Waals surface area contributed by atoms with Crippen molar-refractivity contribution >= 4 is 23.2 Å². The van der Waals surface area contributed by atoms with E-state index < -0.39 is 11.9 Å². The minimum Gasteiger partial charge on any atom is -0.481 e. The molecule has 2 aromatic heterocycles. The van der Waals surface area contributed by atoms with E-state index in [1.807, 2.05) is 18.2 Å². The van der Waals surface area contributed by atoms with Gasteiger partial charge in [-0.2, -0.15) is 0 Å². The minimum atomic E-state index is -0.812. The van der Waals surface area contributed by atoms with E-state index in [9.17, 15) is 4.79 Å². The fourth-order valence-corrected chi connectivity index (χ4v) is 1.87. The maximum absolute atomic E-state index is 10.8. The molecule has 84 valence electrons. The second kappa shape index (κ2) is 4.14. The molecule has 0 aliphatic heterocycles. The van der Waals surface area contributed by atoms with E-state index in [2.05, 4.69) is 4.98 Å². The largest absolute Gasteiger partial charge is 0.481 e. The average Bonchev–Trinajstić information content (AvgIpc) is 2.61. The highest BCUT2D eigenvalue weighted by atomic mass is 35.5. The predicted octanol–water partition coefficient (Wildman–Crippen LogP) is 2.25. The van der Waals surface area contributed by atoms with E-state index in [1.54, 1.807) is 17.5 Å². The first kappa shape index (κ1) is 11.0. The van der Waals surface area contributed by atoms with Crippen molar-refractivity contribution in [1.29, 1.82) is 0 Å². The zero-order chi connectivity index (χ0) is 11.7. The first-order chi connectivity index (χ1) is 7.59. The Kier molecular flexibility index (Phi) is 2.83. The highest BCUT2D eigenvalue weighted by molar-refractivity contribution is 6.29. The van der Waals surface area contributed by atoms with Crippen LogP contribution >= 0.6 is 11.6 Å². The Balaban J connectivity index is 2.44. The SMILES string of the molecule is CC(Cc1cccc2ncc(Cl)n12)C(=O)O. The maximum atomic E-state index is 10.8. The van der Waals surface area contributed by atoms with Gasteiger partial charge in [0, 0.05) is 12.1 Å². The van der Waals surface area contributed by atoms with Gasteiger partial charge in [0.25, 0.3) is 0 Å². The van der Waals surface area contributed by atoms with Gasteiger partial charge < -0.3 is 5.11 Å². The Morgan fingerprint density at radius 3 is 3.06 bits per heavy atom. The first-order valence-electron chi connectivity index (χ1n) is 4.93. The molecule has 0 fully saturated rings. The molecular formula is C11H11ClN2O2. The molecule has 0 amide bonds.